The summed E-state index contributed by atoms with van der Waals surface area (Å²) < 4.78 is 14.3. The minimum atomic E-state index is -1.23. The Morgan fingerprint density at radius 1 is 1.10 bits per heavy atom. The number of fused-ring (bicyclic) bond motifs is 2. The van der Waals surface area contributed by atoms with Crippen LogP contribution in [-0.4, -0.2) is 97.7 Å². The highest BCUT2D eigenvalue weighted by Gasteiger charge is 2.80. The number of unbranched alkanes of at least 4 members (excludes halogenated alkanes) is 1. The number of ether oxygens (including phenoxy) is 2. The van der Waals surface area contributed by atoms with Crippen LogP contribution in [0.1, 0.15) is 40.0 Å². The number of hydrogen-bond acceptors (Lipinski definition) is 8. The number of anilines is 1. The highest BCUT2D eigenvalue weighted by Crippen LogP contribution is 2.65. The first-order chi connectivity index (χ1) is 23.6. The Kier molecular flexibility index (Phi) is 9.63. The first kappa shape index (κ1) is 34.3. The van der Waals surface area contributed by atoms with Crippen LogP contribution < -0.4 is 9.64 Å². The Labute approximate surface area is 286 Å². The van der Waals surface area contributed by atoms with Gasteiger partial charge in [-0.25, -0.2) is 4.68 Å². The van der Waals surface area contributed by atoms with E-state index in [-0.39, 0.29) is 56.5 Å². The topological polar surface area (TPSA) is 130 Å². The molecule has 3 saturated heterocycles. The van der Waals surface area contributed by atoms with E-state index in [1.807, 2.05) is 69.3 Å². The highest BCUT2D eigenvalue weighted by molar-refractivity contribution is 6.03. The standard InChI is InChI=1S/C37H46N6O6/c1-6-19-40(24-43-29-14-10-9-13-28(29)38-39-43)35(47)32-37-23-25(4)36(5,49-37)30(31(37)34(46)42(32)21-11-12-22-44)33(45)41(20-7-2)26-15-17-27(18-16-26)48-8-3/h6-7,9-10,13-18,25,30-32,44H,1-2,8,11-12,19-24H2,3-5H3/t25?,30-,31+,32?,36+,37?/m1/s1. The van der Waals surface area contributed by atoms with Crippen LogP contribution in [0, 0.1) is 17.8 Å². The quantitative estimate of drug-likeness (QED) is 0.191. The number of aromatic nitrogens is 3. The predicted molar refractivity (Wildman–Crippen MR) is 184 cm³/mol. The van der Waals surface area contributed by atoms with Crippen molar-refractivity contribution in [3.8, 4) is 5.75 Å². The molecule has 3 fully saturated rings. The van der Waals surface area contributed by atoms with Crippen molar-refractivity contribution in [1.82, 2.24) is 24.8 Å². The average molecular weight is 671 g/mol. The molecule has 2 aromatic carbocycles. The molecule has 3 aromatic rings. The van der Waals surface area contributed by atoms with Gasteiger partial charge in [0.1, 0.15) is 29.6 Å². The minimum Gasteiger partial charge on any atom is -0.494 e. The van der Waals surface area contributed by atoms with E-state index in [9.17, 15) is 19.5 Å². The number of carbonyl (C=O) groups is 3. The number of rotatable bonds is 15. The molecule has 1 aromatic heterocycles. The molecule has 3 aliphatic heterocycles. The van der Waals surface area contributed by atoms with Crippen molar-refractivity contribution in [2.24, 2.45) is 17.8 Å². The van der Waals surface area contributed by atoms with Crippen LogP contribution in [0.4, 0.5) is 5.69 Å². The maximum Gasteiger partial charge on any atom is 0.250 e. The van der Waals surface area contributed by atoms with Crippen LogP contribution in [-0.2, 0) is 25.8 Å². The molecular weight excluding hydrogens is 624 g/mol. The SMILES string of the molecule is C=CCN(Cn1nnc2ccccc21)C(=O)C1N(CCCCO)C(=O)[C@@H]2[C@H](C(=O)N(CC=C)c3ccc(OCC)cc3)[C@@]3(C)OC12CC3C. The summed E-state index contributed by atoms with van der Waals surface area (Å²) in [6.45, 7) is 14.9. The molecule has 2 bridgehead atoms. The van der Waals surface area contributed by atoms with Gasteiger partial charge in [-0.2, -0.15) is 0 Å². The molecule has 0 radical (unpaired) electrons. The first-order valence-electron chi connectivity index (χ1n) is 17.1. The van der Waals surface area contributed by atoms with Crippen molar-refractivity contribution in [3.05, 3.63) is 73.8 Å². The molecule has 4 heterocycles. The molecule has 1 spiro atoms. The van der Waals surface area contributed by atoms with Crippen LogP contribution >= 0.6 is 0 Å². The van der Waals surface area contributed by atoms with Gasteiger partial charge in [0.15, 0.2) is 0 Å². The zero-order valence-corrected chi connectivity index (χ0v) is 28.5. The van der Waals surface area contributed by atoms with E-state index < -0.39 is 29.1 Å². The smallest absolute Gasteiger partial charge is 0.250 e. The van der Waals surface area contributed by atoms with Gasteiger partial charge in [0.2, 0.25) is 17.7 Å². The van der Waals surface area contributed by atoms with Gasteiger partial charge in [0.05, 0.1) is 29.6 Å². The molecule has 0 saturated carbocycles. The average Bonchev–Trinajstić information content (AvgIpc) is 3.77. The fraction of sp³-hybridized carbons (Fsp3) is 0.486. The van der Waals surface area contributed by atoms with Gasteiger partial charge in [-0.05, 0) is 75.4 Å². The molecule has 1 N–H and O–H groups in total. The molecule has 3 unspecified atom stereocenters. The van der Waals surface area contributed by atoms with Gasteiger partial charge >= 0.3 is 0 Å². The highest BCUT2D eigenvalue weighted by atomic mass is 16.5. The fourth-order valence-corrected chi connectivity index (χ4v) is 8.27. The Morgan fingerprint density at radius 2 is 1.84 bits per heavy atom. The van der Waals surface area contributed by atoms with E-state index >= 15 is 0 Å². The predicted octanol–water partition coefficient (Wildman–Crippen LogP) is 3.80. The van der Waals surface area contributed by atoms with Crippen molar-refractivity contribution in [2.45, 2.75) is 63.9 Å². The van der Waals surface area contributed by atoms with Crippen LogP contribution in [0.2, 0.25) is 0 Å². The van der Waals surface area contributed by atoms with Crippen LogP contribution in [0.5, 0.6) is 5.75 Å². The van der Waals surface area contributed by atoms with Crippen LogP contribution in [0.25, 0.3) is 11.0 Å². The van der Waals surface area contributed by atoms with E-state index in [4.69, 9.17) is 9.47 Å². The lowest BCUT2D eigenvalue weighted by Crippen LogP contribution is -2.57. The molecule has 3 aliphatic rings. The monoisotopic (exact) mass is 670 g/mol. The summed E-state index contributed by atoms with van der Waals surface area (Å²) in [5.74, 6) is -2.00. The lowest BCUT2D eigenvalue weighted by Gasteiger charge is -2.39. The van der Waals surface area contributed by atoms with Crippen molar-refractivity contribution < 1.29 is 29.0 Å². The molecule has 12 nitrogen and oxygen atoms in total. The van der Waals surface area contributed by atoms with Crippen molar-refractivity contribution >= 4 is 34.4 Å². The third-order valence-corrected chi connectivity index (χ3v) is 10.5. The summed E-state index contributed by atoms with van der Waals surface area (Å²) in [6, 6.07) is 13.8. The normalized spacial score (nSPS) is 26.9. The van der Waals surface area contributed by atoms with Crippen molar-refractivity contribution in [3.63, 3.8) is 0 Å². The number of amides is 3. The number of aliphatic hydroxyl groups excluding tert-OH is 1. The molecule has 49 heavy (non-hydrogen) atoms. The summed E-state index contributed by atoms with van der Waals surface area (Å²) in [5.41, 5.74) is -0.111. The Hall–Kier alpha value is -4.55. The summed E-state index contributed by atoms with van der Waals surface area (Å²) in [7, 11) is 0. The van der Waals surface area contributed by atoms with E-state index in [1.165, 1.54) is 0 Å². The van der Waals surface area contributed by atoms with Gasteiger partial charge < -0.3 is 29.3 Å². The van der Waals surface area contributed by atoms with Crippen molar-refractivity contribution in [1.29, 1.82) is 0 Å². The molecule has 12 heteroatoms. The molecule has 3 amide bonds. The van der Waals surface area contributed by atoms with Crippen LogP contribution in [0.3, 0.4) is 0 Å². The largest absolute Gasteiger partial charge is 0.494 e. The number of para-hydroxylation sites is 1. The maximum atomic E-state index is 14.9. The van der Waals surface area contributed by atoms with Gasteiger partial charge in [0, 0.05) is 31.9 Å². The number of likely N-dealkylation sites (tertiary alicyclic amines) is 1. The van der Waals surface area contributed by atoms with E-state index in [2.05, 4.69) is 23.5 Å². The lowest BCUT2D eigenvalue weighted by molar-refractivity contribution is -0.153. The fourth-order valence-electron chi connectivity index (χ4n) is 8.27. The first-order valence-corrected chi connectivity index (χ1v) is 17.1. The summed E-state index contributed by atoms with van der Waals surface area (Å²) in [4.78, 5) is 49.3. The number of benzene rings is 2. The molecule has 260 valence electrons. The number of carbonyl (C=O) groups excluding carboxylic acids is 3. The Morgan fingerprint density at radius 3 is 2.53 bits per heavy atom. The van der Waals surface area contributed by atoms with E-state index in [0.717, 1.165) is 5.52 Å². The third kappa shape index (κ3) is 5.70. The zero-order chi connectivity index (χ0) is 34.9. The number of hydrogen-bond donors (Lipinski definition) is 1. The summed E-state index contributed by atoms with van der Waals surface area (Å²) >= 11 is 0. The Balaban J connectivity index is 1.39. The van der Waals surface area contributed by atoms with Crippen LogP contribution in [0.15, 0.2) is 73.8 Å². The van der Waals surface area contributed by atoms with Gasteiger partial charge in [-0.15, -0.1) is 18.3 Å². The van der Waals surface area contributed by atoms with E-state index in [1.54, 1.807) is 31.5 Å². The van der Waals surface area contributed by atoms with Gasteiger partial charge in [0.25, 0.3) is 0 Å². The molecule has 6 rings (SSSR count). The van der Waals surface area contributed by atoms with Gasteiger partial charge in [-0.3, -0.25) is 14.4 Å². The van der Waals surface area contributed by atoms with Crippen molar-refractivity contribution in [2.75, 3.05) is 37.7 Å². The Bertz CT molecular complexity index is 1730. The summed E-state index contributed by atoms with van der Waals surface area (Å²) in [5, 5.41) is 18.1. The number of aliphatic hydroxyl groups is 1. The molecular formula is C37H46N6O6. The second kappa shape index (κ2) is 13.8. The minimum absolute atomic E-state index is 0.0392. The van der Waals surface area contributed by atoms with E-state index in [0.29, 0.717) is 42.8 Å². The zero-order valence-electron chi connectivity index (χ0n) is 28.5. The molecule has 0 aliphatic carbocycles. The summed E-state index contributed by atoms with van der Waals surface area (Å²) in [6.07, 6.45) is 4.70. The second-order valence-corrected chi connectivity index (χ2v) is 13.4. The second-order valence-electron chi connectivity index (χ2n) is 13.4. The third-order valence-electron chi connectivity index (χ3n) is 10.5. The van der Waals surface area contributed by atoms with Gasteiger partial charge in [-0.1, -0.05) is 36.4 Å². The lowest BCUT2D eigenvalue weighted by atomic mass is 9.62. The number of nitrogens with zero attached hydrogens (tertiary/aromatic N) is 6. The molecule has 6 atom stereocenters. The maximum absolute atomic E-state index is 14.9.